The Labute approximate surface area is 159 Å². The molecule has 3 rings (SSSR count). The number of ether oxygens (including phenoxy) is 2. The van der Waals surface area contributed by atoms with Gasteiger partial charge in [0.05, 0.1) is 38.3 Å². The maximum atomic E-state index is 12.0. The van der Waals surface area contributed by atoms with Gasteiger partial charge in [0.1, 0.15) is 6.26 Å². The zero-order valence-corrected chi connectivity index (χ0v) is 15.5. The number of methoxy groups -OCH3 is 2. The number of aromatic nitrogens is 1. The minimum Gasteiger partial charge on any atom is -0.493 e. The zero-order chi connectivity index (χ0) is 19.2. The third kappa shape index (κ3) is 4.45. The minimum absolute atomic E-state index is 0.171. The Hall–Kier alpha value is -3.33. The van der Waals surface area contributed by atoms with Gasteiger partial charge in [-0.05, 0) is 24.3 Å². The second kappa shape index (κ2) is 8.37. The molecule has 3 aromatic rings. The Balaban J connectivity index is 1.60. The summed E-state index contributed by atoms with van der Waals surface area (Å²) < 4.78 is 15.3. The number of carbonyl (C=O) groups is 2. The van der Waals surface area contributed by atoms with E-state index in [1.54, 1.807) is 20.3 Å². The van der Waals surface area contributed by atoms with Crippen molar-refractivity contribution in [3.05, 3.63) is 47.7 Å². The largest absolute Gasteiger partial charge is 0.493 e. The molecule has 0 fully saturated rings. The topological polar surface area (TPSA) is 103 Å². The molecule has 0 saturated carbocycles. The third-order valence-electron chi connectivity index (χ3n) is 3.62. The summed E-state index contributed by atoms with van der Waals surface area (Å²) in [5.41, 5.74) is 1.88. The molecular formula is C18H17N3O5S. The molecule has 140 valence electrons. The molecule has 1 aromatic carbocycles. The lowest BCUT2D eigenvalue weighted by atomic mass is 10.1. The van der Waals surface area contributed by atoms with E-state index in [1.165, 1.54) is 29.9 Å². The molecule has 0 aliphatic heterocycles. The first-order chi connectivity index (χ1) is 13.1. The van der Waals surface area contributed by atoms with Gasteiger partial charge < -0.3 is 24.5 Å². The van der Waals surface area contributed by atoms with Crippen LogP contribution in [0.1, 0.15) is 10.4 Å². The monoisotopic (exact) mass is 387 g/mol. The normalized spacial score (nSPS) is 10.3. The highest BCUT2D eigenvalue weighted by Gasteiger charge is 2.12. The van der Waals surface area contributed by atoms with Gasteiger partial charge in [0.25, 0.3) is 5.91 Å². The number of anilines is 1. The first-order valence-corrected chi connectivity index (χ1v) is 8.77. The molecular weight excluding hydrogens is 370 g/mol. The fraction of sp³-hybridized carbons (Fsp3) is 0.167. The van der Waals surface area contributed by atoms with Crippen LogP contribution in [-0.2, 0) is 4.79 Å². The molecule has 0 spiro atoms. The van der Waals surface area contributed by atoms with E-state index in [2.05, 4.69) is 15.6 Å². The van der Waals surface area contributed by atoms with Gasteiger partial charge >= 0.3 is 0 Å². The van der Waals surface area contributed by atoms with E-state index in [0.29, 0.717) is 27.9 Å². The van der Waals surface area contributed by atoms with Crippen LogP contribution in [0.25, 0.3) is 11.3 Å². The van der Waals surface area contributed by atoms with Crippen LogP contribution >= 0.6 is 11.3 Å². The summed E-state index contributed by atoms with van der Waals surface area (Å²) in [6, 6.07) is 6.97. The molecule has 9 heteroatoms. The van der Waals surface area contributed by atoms with Crippen LogP contribution in [0.3, 0.4) is 0 Å². The van der Waals surface area contributed by atoms with Gasteiger partial charge in [0.2, 0.25) is 5.91 Å². The lowest BCUT2D eigenvalue weighted by molar-refractivity contribution is -0.115. The van der Waals surface area contributed by atoms with Crippen molar-refractivity contribution >= 4 is 28.3 Å². The Kier molecular flexibility index (Phi) is 5.72. The van der Waals surface area contributed by atoms with E-state index in [4.69, 9.17) is 13.9 Å². The minimum atomic E-state index is -0.385. The maximum absolute atomic E-state index is 12.0. The van der Waals surface area contributed by atoms with E-state index in [-0.39, 0.29) is 18.4 Å². The molecule has 0 aliphatic carbocycles. The average molecular weight is 387 g/mol. The van der Waals surface area contributed by atoms with Gasteiger partial charge in [0.15, 0.2) is 16.6 Å². The van der Waals surface area contributed by atoms with Crippen molar-refractivity contribution in [1.29, 1.82) is 0 Å². The van der Waals surface area contributed by atoms with Gasteiger partial charge in [0, 0.05) is 10.9 Å². The summed E-state index contributed by atoms with van der Waals surface area (Å²) >= 11 is 1.29. The van der Waals surface area contributed by atoms with Crippen molar-refractivity contribution in [3.8, 4) is 22.8 Å². The van der Waals surface area contributed by atoms with Crippen molar-refractivity contribution < 1.29 is 23.5 Å². The summed E-state index contributed by atoms with van der Waals surface area (Å²) in [6.45, 7) is -0.171. The van der Waals surface area contributed by atoms with E-state index < -0.39 is 0 Å². The van der Waals surface area contributed by atoms with Crippen LogP contribution in [0.2, 0.25) is 0 Å². The molecule has 0 saturated heterocycles. The summed E-state index contributed by atoms with van der Waals surface area (Å²) in [7, 11) is 3.13. The molecule has 0 radical (unpaired) electrons. The number of amides is 2. The van der Waals surface area contributed by atoms with Crippen LogP contribution in [0.4, 0.5) is 5.13 Å². The number of nitrogens with zero attached hydrogens (tertiary/aromatic N) is 1. The molecule has 2 aromatic heterocycles. The standard InChI is InChI=1S/C18H17N3O5S/c1-24-14-4-3-11(7-15(14)25-2)13-10-27-18(20-13)21-16(22)8-19-17(23)12-5-6-26-9-12/h3-7,9-10H,8H2,1-2H3,(H,19,23)(H,20,21,22). The third-order valence-corrected chi connectivity index (χ3v) is 4.38. The number of rotatable bonds is 7. The van der Waals surface area contributed by atoms with E-state index in [9.17, 15) is 9.59 Å². The van der Waals surface area contributed by atoms with Gasteiger partial charge in [-0.1, -0.05) is 0 Å². The predicted octanol–water partition coefficient (Wildman–Crippen LogP) is 2.79. The van der Waals surface area contributed by atoms with E-state index in [1.807, 2.05) is 17.5 Å². The molecule has 2 N–H and O–H groups in total. The fourth-order valence-electron chi connectivity index (χ4n) is 2.28. The smallest absolute Gasteiger partial charge is 0.254 e. The maximum Gasteiger partial charge on any atom is 0.254 e. The van der Waals surface area contributed by atoms with Crippen LogP contribution in [0.15, 0.2) is 46.6 Å². The lowest BCUT2D eigenvalue weighted by Crippen LogP contribution is -2.32. The number of hydrogen-bond acceptors (Lipinski definition) is 7. The number of nitrogens with one attached hydrogen (secondary N) is 2. The van der Waals surface area contributed by atoms with Crippen molar-refractivity contribution in [2.45, 2.75) is 0 Å². The summed E-state index contributed by atoms with van der Waals surface area (Å²) in [4.78, 5) is 28.2. The summed E-state index contributed by atoms with van der Waals surface area (Å²) in [5.74, 6) is 0.457. The van der Waals surface area contributed by atoms with Crippen molar-refractivity contribution in [2.75, 3.05) is 26.1 Å². The fourth-order valence-corrected chi connectivity index (χ4v) is 3.01. The molecule has 2 amide bonds. The average Bonchev–Trinajstić information content (AvgIpc) is 3.37. The predicted molar refractivity (Wildman–Crippen MR) is 100 cm³/mol. The number of hydrogen-bond donors (Lipinski definition) is 2. The van der Waals surface area contributed by atoms with Crippen molar-refractivity contribution in [1.82, 2.24) is 10.3 Å². The van der Waals surface area contributed by atoms with Crippen molar-refractivity contribution in [3.63, 3.8) is 0 Å². The number of furan rings is 1. The Morgan fingerprint density at radius 3 is 2.70 bits per heavy atom. The second-order valence-corrected chi connectivity index (χ2v) is 6.21. The summed E-state index contributed by atoms with van der Waals surface area (Å²) in [6.07, 6.45) is 2.70. The highest BCUT2D eigenvalue weighted by Crippen LogP contribution is 2.33. The molecule has 0 aliphatic rings. The molecule has 2 heterocycles. The van der Waals surface area contributed by atoms with Crippen LogP contribution < -0.4 is 20.1 Å². The second-order valence-electron chi connectivity index (χ2n) is 5.35. The molecule has 0 unspecified atom stereocenters. The van der Waals surface area contributed by atoms with Gasteiger partial charge in [-0.15, -0.1) is 11.3 Å². The number of thiazole rings is 1. The summed E-state index contributed by atoms with van der Waals surface area (Å²) in [5, 5.41) is 7.42. The lowest BCUT2D eigenvalue weighted by Gasteiger charge is -2.08. The SMILES string of the molecule is COc1ccc(-c2csc(NC(=O)CNC(=O)c3ccoc3)n2)cc1OC. The highest BCUT2D eigenvalue weighted by atomic mass is 32.1. The molecule has 27 heavy (non-hydrogen) atoms. The van der Waals surface area contributed by atoms with Gasteiger partial charge in [-0.3, -0.25) is 9.59 Å². The van der Waals surface area contributed by atoms with Crippen molar-refractivity contribution in [2.24, 2.45) is 0 Å². The molecule has 0 atom stereocenters. The number of benzene rings is 1. The zero-order valence-electron chi connectivity index (χ0n) is 14.6. The Bertz CT molecular complexity index is 936. The van der Waals surface area contributed by atoms with Crippen LogP contribution in [0, 0.1) is 0 Å². The van der Waals surface area contributed by atoms with E-state index >= 15 is 0 Å². The molecule has 8 nitrogen and oxygen atoms in total. The number of carbonyl (C=O) groups excluding carboxylic acids is 2. The highest BCUT2D eigenvalue weighted by molar-refractivity contribution is 7.14. The molecule has 0 bridgehead atoms. The van der Waals surface area contributed by atoms with Gasteiger partial charge in [-0.25, -0.2) is 4.98 Å². The first kappa shape index (κ1) is 18.5. The quantitative estimate of drug-likeness (QED) is 0.646. The van der Waals surface area contributed by atoms with Crippen LogP contribution in [0.5, 0.6) is 11.5 Å². The van der Waals surface area contributed by atoms with E-state index in [0.717, 1.165) is 5.56 Å². The first-order valence-electron chi connectivity index (χ1n) is 7.89. The Morgan fingerprint density at radius 2 is 2.00 bits per heavy atom. The Morgan fingerprint density at radius 1 is 1.19 bits per heavy atom. The van der Waals surface area contributed by atoms with Gasteiger partial charge in [-0.2, -0.15) is 0 Å². The van der Waals surface area contributed by atoms with Crippen LogP contribution in [-0.4, -0.2) is 37.6 Å².